The van der Waals surface area contributed by atoms with Crippen molar-refractivity contribution in [3.63, 3.8) is 0 Å². The summed E-state index contributed by atoms with van der Waals surface area (Å²) in [5, 5.41) is 4.05. The molecule has 7 nitrogen and oxygen atoms in total. The van der Waals surface area contributed by atoms with Crippen LogP contribution in [-0.2, 0) is 16.6 Å². The van der Waals surface area contributed by atoms with Crippen LogP contribution in [0.4, 0.5) is 6.01 Å². The molecular formula is C22H30N4O3. The van der Waals surface area contributed by atoms with E-state index in [9.17, 15) is 4.79 Å². The Balaban J connectivity index is 1.29. The lowest BCUT2D eigenvalue weighted by Crippen LogP contribution is -2.44. The van der Waals surface area contributed by atoms with Crippen LogP contribution in [0.15, 0.2) is 28.8 Å². The number of likely N-dealkylation sites (tertiary alicyclic amines) is 1. The number of carbonyl (C=O) groups is 1. The summed E-state index contributed by atoms with van der Waals surface area (Å²) in [6, 6.07) is 8.55. The second-order valence-electron chi connectivity index (χ2n) is 8.47. The third-order valence-electron chi connectivity index (χ3n) is 6.32. The number of anilines is 1. The van der Waals surface area contributed by atoms with Crippen molar-refractivity contribution in [2.75, 3.05) is 39.2 Å². The highest BCUT2D eigenvalue weighted by Crippen LogP contribution is 2.50. The molecule has 2 fully saturated rings. The lowest BCUT2D eigenvalue weighted by Gasteiger charge is -2.34. The number of carbonyl (C=O) groups excluding carboxylic acids is 1. The summed E-state index contributed by atoms with van der Waals surface area (Å²) >= 11 is 0. The van der Waals surface area contributed by atoms with Gasteiger partial charge in [0.1, 0.15) is 5.75 Å². The Morgan fingerprint density at radius 3 is 2.48 bits per heavy atom. The molecule has 1 amide bonds. The number of ether oxygens (including phenoxy) is 1. The maximum Gasteiger partial charge on any atom is 0.323 e. The van der Waals surface area contributed by atoms with Crippen LogP contribution < -0.4 is 9.64 Å². The second kappa shape index (κ2) is 8.05. The van der Waals surface area contributed by atoms with E-state index >= 15 is 0 Å². The maximum atomic E-state index is 13.2. The van der Waals surface area contributed by atoms with Gasteiger partial charge in [-0.1, -0.05) is 17.3 Å². The van der Waals surface area contributed by atoms with Crippen LogP contribution in [0.25, 0.3) is 0 Å². The third-order valence-corrected chi connectivity index (χ3v) is 6.32. The molecule has 29 heavy (non-hydrogen) atoms. The van der Waals surface area contributed by atoms with Crippen LogP contribution in [0.2, 0.25) is 0 Å². The van der Waals surface area contributed by atoms with Crippen molar-refractivity contribution in [1.29, 1.82) is 0 Å². The fourth-order valence-electron chi connectivity index (χ4n) is 4.25. The minimum absolute atomic E-state index is 0.299. The molecule has 0 bridgehead atoms. The number of aromatic nitrogens is 2. The molecule has 7 heteroatoms. The van der Waals surface area contributed by atoms with Gasteiger partial charge in [-0.2, -0.15) is 4.98 Å². The van der Waals surface area contributed by atoms with Crippen LogP contribution in [0.3, 0.4) is 0 Å². The van der Waals surface area contributed by atoms with Crippen molar-refractivity contribution in [2.45, 2.75) is 43.9 Å². The molecule has 1 aliphatic heterocycles. The fourth-order valence-corrected chi connectivity index (χ4v) is 4.25. The average Bonchev–Trinajstić information content (AvgIpc) is 3.42. The molecule has 1 aliphatic carbocycles. The minimum atomic E-state index is -0.299. The summed E-state index contributed by atoms with van der Waals surface area (Å²) in [5.41, 5.74) is 0.825. The van der Waals surface area contributed by atoms with Gasteiger partial charge in [0.05, 0.1) is 12.5 Å². The van der Waals surface area contributed by atoms with E-state index in [2.05, 4.69) is 15.0 Å². The van der Waals surface area contributed by atoms with Gasteiger partial charge >= 0.3 is 6.01 Å². The summed E-state index contributed by atoms with van der Waals surface area (Å²) in [7, 11) is 5.45. The van der Waals surface area contributed by atoms with E-state index in [4.69, 9.17) is 9.26 Å². The van der Waals surface area contributed by atoms with E-state index in [-0.39, 0.29) is 5.41 Å². The molecule has 1 saturated carbocycles. The summed E-state index contributed by atoms with van der Waals surface area (Å²) in [6.45, 7) is 1.69. The highest BCUT2D eigenvalue weighted by Gasteiger charge is 2.53. The second-order valence-corrected chi connectivity index (χ2v) is 8.47. The molecule has 2 aromatic rings. The zero-order chi connectivity index (χ0) is 20.4. The van der Waals surface area contributed by atoms with Crippen molar-refractivity contribution in [1.82, 2.24) is 15.0 Å². The SMILES string of the molecule is COc1ccc(C2(C(=O)N3CCC(CCc4noc(N(C)C)n4)CC3)CC2)cc1. The lowest BCUT2D eigenvalue weighted by atomic mass is 9.89. The Kier molecular flexibility index (Phi) is 5.48. The monoisotopic (exact) mass is 398 g/mol. The van der Waals surface area contributed by atoms with Gasteiger partial charge in [0.15, 0.2) is 5.82 Å². The quantitative estimate of drug-likeness (QED) is 0.714. The maximum absolute atomic E-state index is 13.2. The summed E-state index contributed by atoms with van der Waals surface area (Å²) in [4.78, 5) is 21.5. The van der Waals surface area contributed by atoms with Crippen molar-refractivity contribution in [3.8, 4) is 5.75 Å². The first-order valence-corrected chi connectivity index (χ1v) is 10.5. The third kappa shape index (κ3) is 4.09. The van der Waals surface area contributed by atoms with E-state index in [1.807, 2.05) is 43.3 Å². The van der Waals surface area contributed by atoms with E-state index in [1.54, 1.807) is 7.11 Å². The van der Waals surface area contributed by atoms with E-state index in [0.29, 0.717) is 17.8 Å². The zero-order valence-corrected chi connectivity index (χ0v) is 17.6. The smallest absolute Gasteiger partial charge is 0.323 e. The van der Waals surface area contributed by atoms with Crippen molar-refractivity contribution in [2.24, 2.45) is 5.92 Å². The number of benzene rings is 1. The molecule has 1 saturated heterocycles. The highest BCUT2D eigenvalue weighted by atomic mass is 16.5. The summed E-state index contributed by atoms with van der Waals surface area (Å²) in [6.07, 6.45) is 5.85. The van der Waals surface area contributed by atoms with Crippen molar-refractivity contribution >= 4 is 11.9 Å². The van der Waals surface area contributed by atoms with Gasteiger partial charge in [0, 0.05) is 33.6 Å². The van der Waals surface area contributed by atoms with E-state index in [0.717, 1.165) is 68.8 Å². The fraction of sp³-hybridized carbons (Fsp3) is 0.591. The van der Waals surface area contributed by atoms with Gasteiger partial charge in [0.25, 0.3) is 0 Å². The molecule has 156 valence electrons. The highest BCUT2D eigenvalue weighted by molar-refractivity contribution is 5.91. The van der Waals surface area contributed by atoms with Crippen molar-refractivity contribution < 1.29 is 14.1 Å². The predicted molar refractivity (Wildman–Crippen MR) is 110 cm³/mol. The van der Waals surface area contributed by atoms with Gasteiger partial charge in [-0.3, -0.25) is 4.79 Å². The van der Waals surface area contributed by atoms with Gasteiger partial charge < -0.3 is 19.1 Å². The Labute approximate surface area is 172 Å². The summed E-state index contributed by atoms with van der Waals surface area (Å²) < 4.78 is 10.5. The largest absolute Gasteiger partial charge is 0.497 e. The Morgan fingerprint density at radius 2 is 1.93 bits per heavy atom. The molecule has 1 aromatic carbocycles. The van der Waals surface area contributed by atoms with Gasteiger partial charge in [-0.25, -0.2) is 0 Å². The summed E-state index contributed by atoms with van der Waals surface area (Å²) in [5.74, 6) is 2.51. The molecule has 0 radical (unpaired) electrons. The molecule has 2 heterocycles. The number of amides is 1. The Hall–Kier alpha value is -2.57. The van der Waals surface area contributed by atoms with Crippen LogP contribution in [0, 0.1) is 5.92 Å². The first-order valence-electron chi connectivity index (χ1n) is 10.5. The number of hydrogen-bond acceptors (Lipinski definition) is 6. The van der Waals surface area contributed by atoms with Gasteiger partial charge in [-0.15, -0.1) is 0 Å². The van der Waals surface area contributed by atoms with Crippen molar-refractivity contribution in [3.05, 3.63) is 35.7 Å². The minimum Gasteiger partial charge on any atom is -0.497 e. The van der Waals surface area contributed by atoms with Crippen LogP contribution >= 0.6 is 0 Å². The van der Waals surface area contributed by atoms with Crippen LogP contribution in [-0.4, -0.2) is 55.2 Å². The molecule has 0 atom stereocenters. The Bertz CT molecular complexity index is 834. The number of nitrogens with zero attached hydrogens (tertiary/aromatic N) is 4. The molecule has 4 rings (SSSR count). The van der Waals surface area contributed by atoms with Crippen LogP contribution in [0.1, 0.15) is 43.5 Å². The molecule has 2 aliphatic rings. The zero-order valence-electron chi connectivity index (χ0n) is 17.6. The average molecular weight is 399 g/mol. The molecular weight excluding hydrogens is 368 g/mol. The normalized spacial score (nSPS) is 18.5. The lowest BCUT2D eigenvalue weighted by molar-refractivity contribution is -0.135. The Morgan fingerprint density at radius 1 is 1.24 bits per heavy atom. The molecule has 0 N–H and O–H groups in total. The van der Waals surface area contributed by atoms with Crippen LogP contribution in [0.5, 0.6) is 5.75 Å². The topological polar surface area (TPSA) is 71.7 Å². The number of methoxy groups -OCH3 is 1. The first-order chi connectivity index (χ1) is 14.0. The molecule has 0 unspecified atom stereocenters. The predicted octanol–water partition coefficient (Wildman–Crippen LogP) is 3.05. The van der Waals surface area contributed by atoms with E-state index in [1.165, 1.54) is 0 Å². The molecule has 0 spiro atoms. The number of rotatable bonds is 7. The first kappa shape index (κ1) is 19.7. The number of hydrogen-bond donors (Lipinski definition) is 0. The van der Waals surface area contributed by atoms with E-state index < -0.39 is 0 Å². The molecule has 1 aromatic heterocycles. The number of piperidine rings is 1. The van der Waals surface area contributed by atoms with Gasteiger partial charge in [-0.05, 0) is 55.7 Å². The number of aryl methyl sites for hydroxylation is 1. The van der Waals surface area contributed by atoms with Gasteiger partial charge in [0.2, 0.25) is 5.91 Å². The standard InChI is InChI=1S/C22H30N4O3/c1-25(2)21-23-19(24-29-21)9-4-16-10-14-26(15-11-16)20(27)22(12-13-22)17-5-7-18(28-3)8-6-17/h5-8,16H,4,9-15H2,1-3H3.